The van der Waals surface area contributed by atoms with E-state index in [4.69, 9.17) is 0 Å². The number of benzene rings is 1. The van der Waals surface area contributed by atoms with Crippen LogP contribution in [0.5, 0.6) is 0 Å². The molecule has 0 bridgehead atoms. The first-order chi connectivity index (χ1) is 10.2. The molecule has 21 heavy (non-hydrogen) atoms. The Kier molecular flexibility index (Phi) is 3.75. The highest BCUT2D eigenvalue weighted by molar-refractivity contribution is 5.93. The van der Waals surface area contributed by atoms with Crippen molar-refractivity contribution in [3.05, 3.63) is 53.1 Å². The summed E-state index contributed by atoms with van der Waals surface area (Å²) in [6.45, 7) is 5.17. The fourth-order valence-corrected chi connectivity index (χ4v) is 2.67. The molecule has 0 saturated carbocycles. The molecule has 5 nitrogen and oxygen atoms in total. The lowest BCUT2D eigenvalue weighted by Gasteiger charge is -2.20. The van der Waals surface area contributed by atoms with Crippen LogP contribution in [0.3, 0.4) is 0 Å². The minimum atomic E-state index is -0.0179. The SMILES string of the molecule is Cc1ccccc1CN(C)C(=O)c1ncn2c1CNCC2. The highest BCUT2D eigenvalue weighted by Gasteiger charge is 2.22. The highest BCUT2D eigenvalue weighted by Crippen LogP contribution is 2.15. The molecule has 0 unspecified atom stereocenters. The molecule has 2 aromatic rings. The zero-order valence-corrected chi connectivity index (χ0v) is 12.5. The fraction of sp³-hybridized carbons (Fsp3) is 0.375. The van der Waals surface area contributed by atoms with E-state index in [1.807, 2.05) is 19.2 Å². The predicted octanol–water partition coefficient (Wildman–Crippen LogP) is 1.57. The van der Waals surface area contributed by atoms with Gasteiger partial charge in [-0.3, -0.25) is 4.79 Å². The first-order valence-electron chi connectivity index (χ1n) is 7.21. The Morgan fingerprint density at radius 2 is 2.24 bits per heavy atom. The lowest BCUT2D eigenvalue weighted by atomic mass is 10.1. The van der Waals surface area contributed by atoms with Crippen molar-refractivity contribution in [1.29, 1.82) is 0 Å². The number of carbonyl (C=O) groups is 1. The van der Waals surface area contributed by atoms with E-state index in [-0.39, 0.29) is 5.91 Å². The molecular formula is C16H20N4O. The minimum Gasteiger partial charge on any atom is -0.336 e. The summed E-state index contributed by atoms with van der Waals surface area (Å²) in [5.41, 5.74) is 3.92. The molecule has 0 aliphatic carbocycles. The number of rotatable bonds is 3. The Bertz CT molecular complexity index is 662. The number of hydrogen-bond donors (Lipinski definition) is 1. The van der Waals surface area contributed by atoms with Crippen LogP contribution in [-0.4, -0.2) is 34.0 Å². The van der Waals surface area contributed by atoms with Crippen molar-refractivity contribution in [2.45, 2.75) is 26.6 Å². The molecule has 0 fully saturated rings. The van der Waals surface area contributed by atoms with E-state index in [9.17, 15) is 4.79 Å². The predicted molar refractivity (Wildman–Crippen MR) is 80.9 cm³/mol. The maximum Gasteiger partial charge on any atom is 0.274 e. The van der Waals surface area contributed by atoms with Crippen molar-refractivity contribution in [1.82, 2.24) is 19.8 Å². The van der Waals surface area contributed by atoms with E-state index < -0.39 is 0 Å². The van der Waals surface area contributed by atoms with Gasteiger partial charge in [0.15, 0.2) is 5.69 Å². The van der Waals surface area contributed by atoms with Crippen molar-refractivity contribution in [2.75, 3.05) is 13.6 Å². The Labute approximate surface area is 124 Å². The van der Waals surface area contributed by atoms with Crippen molar-refractivity contribution in [2.24, 2.45) is 0 Å². The number of nitrogens with one attached hydrogen (secondary N) is 1. The average molecular weight is 284 g/mol. The lowest BCUT2D eigenvalue weighted by Crippen LogP contribution is -2.32. The third-order valence-corrected chi connectivity index (χ3v) is 3.99. The van der Waals surface area contributed by atoms with E-state index in [0.717, 1.165) is 18.8 Å². The van der Waals surface area contributed by atoms with Crippen LogP contribution in [0.2, 0.25) is 0 Å². The van der Waals surface area contributed by atoms with Crippen molar-refractivity contribution < 1.29 is 4.79 Å². The molecule has 0 radical (unpaired) electrons. The Morgan fingerprint density at radius 3 is 3.05 bits per heavy atom. The molecule has 1 amide bonds. The zero-order valence-electron chi connectivity index (χ0n) is 12.5. The largest absolute Gasteiger partial charge is 0.336 e. The summed E-state index contributed by atoms with van der Waals surface area (Å²) in [6, 6.07) is 8.14. The number of aromatic nitrogens is 2. The zero-order chi connectivity index (χ0) is 14.8. The van der Waals surface area contributed by atoms with Gasteiger partial charge >= 0.3 is 0 Å². The molecule has 2 heterocycles. The summed E-state index contributed by atoms with van der Waals surface area (Å²) in [4.78, 5) is 18.7. The van der Waals surface area contributed by atoms with Crippen LogP contribution in [0.1, 0.15) is 27.3 Å². The van der Waals surface area contributed by atoms with Crippen molar-refractivity contribution in [3.8, 4) is 0 Å². The summed E-state index contributed by atoms with van der Waals surface area (Å²) >= 11 is 0. The number of fused-ring (bicyclic) bond motifs is 1. The number of imidazole rings is 1. The molecule has 110 valence electrons. The molecular weight excluding hydrogens is 264 g/mol. The van der Waals surface area contributed by atoms with Gasteiger partial charge in [-0.25, -0.2) is 4.98 Å². The van der Waals surface area contributed by atoms with Gasteiger partial charge in [0.1, 0.15) is 0 Å². The van der Waals surface area contributed by atoms with E-state index in [0.29, 0.717) is 18.8 Å². The number of hydrogen-bond acceptors (Lipinski definition) is 3. The van der Waals surface area contributed by atoms with Gasteiger partial charge in [0.2, 0.25) is 0 Å². The molecule has 1 aliphatic rings. The molecule has 1 N–H and O–H groups in total. The normalized spacial score (nSPS) is 13.8. The number of nitrogens with zero attached hydrogens (tertiary/aromatic N) is 3. The first-order valence-corrected chi connectivity index (χ1v) is 7.21. The second kappa shape index (κ2) is 5.69. The Morgan fingerprint density at radius 1 is 1.43 bits per heavy atom. The molecule has 0 atom stereocenters. The summed E-state index contributed by atoms with van der Waals surface area (Å²) in [7, 11) is 1.83. The smallest absolute Gasteiger partial charge is 0.274 e. The molecule has 0 saturated heterocycles. The Hall–Kier alpha value is -2.14. The number of amides is 1. The van der Waals surface area contributed by atoms with Crippen LogP contribution in [0, 0.1) is 6.92 Å². The third-order valence-electron chi connectivity index (χ3n) is 3.99. The Balaban J connectivity index is 1.79. The molecule has 1 aromatic heterocycles. The van der Waals surface area contributed by atoms with Crippen LogP contribution in [0.15, 0.2) is 30.6 Å². The third kappa shape index (κ3) is 2.69. The summed E-state index contributed by atoms with van der Waals surface area (Å²) in [5.74, 6) is -0.0179. The van der Waals surface area contributed by atoms with Crippen molar-refractivity contribution >= 4 is 5.91 Å². The molecule has 3 rings (SSSR count). The highest BCUT2D eigenvalue weighted by atomic mass is 16.2. The van der Waals surface area contributed by atoms with Gasteiger partial charge in [-0.05, 0) is 18.1 Å². The second-order valence-corrected chi connectivity index (χ2v) is 5.50. The summed E-state index contributed by atoms with van der Waals surface area (Å²) in [6.07, 6.45) is 1.77. The standard InChI is InChI=1S/C16H20N4O/c1-12-5-3-4-6-13(12)10-19(2)16(21)15-14-9-17-7-8-20(14)11-18-15/h3-6,11,17H,7-10H2,1-2H3. The van der Waals surface area contributed by atoms with Crippen LogP contribution < -0.4 is 5.32 Å². The van der Waals surface area contributed by atoms with Gasteiger partial charge in [0, 0.05) is 33.2 Å². The first kappa shape index (κ1) is 13.8. The van der Waals surface area contributed by atoms with Gasteiger partial charge in [-0.1, -0.05) is 24.3 Å². The summed E-state index contributed by atoms with van der Waals surface area (Å²) < 4.78 is 2.06. The van der Waals surface area contributed by atoms with Gasteiger partial charge in [0.25, 0.3) is 5.91 Å². The minimum absolute atomic E-state index is 0.0179. The van der Waals surface area contributed by atoms with Gasteiger partial charge in [-0.2, -0.15) is 0 Å². The topological polar surface area (TPSA) is 50.2 Å². The summed E-state index contributed by atoms with van der Waals surface area (Å²) in [5, 5.41) is 3.29. The van der Waals surface area contributed by atoms with Crippen LogP contribution >= 0.6 is 0 Å². The fourth-order valence-electron chi connectivity index (χ4n) is 2.67. The quantitative estimate of drug-likeness (QED) is 0.930. The van der Waals surface area contributed by atoms with E-state index in [1.165, 1.54) is 11.1 Å². The van der Waals surface area contributed by atoms with E-state index in [2.05, 4.69) is 33.9 Å². The molecule has 5 heteroatoms. The molecule has 1 aromatic carbocycles. The maximum absolute atomic E-state index is 12.6. The second-order valence-electron chi connectivity index (χ2n) is 5.50. The van der Waals surface area contributed by atoms with E-state index in [1.54, 1.807) is 11.2 Å². The van der Waals surface area contributed by atoms with Crippen molar-refractivity contribution in [3.63, 3.8) is 0 Å². The monoisotopic (exact) mass is 284 g/mol. The molecule has 0 spiro atoms. The van der Waals surface area contributed by atoms with Crippen LogP contribution in [0.4, 0.5) is 0 Å². The van der Waals surface area contributed by atoms with Crippen LogP contribution in [-0.2, 0) is 19.6 Å². The molecule has 1 aliphatic heterocycles. The van der Waals surface area contributed by atoms with Gasteiger partial charge in [-0.15, -0.1) is 0 Å². The lowest BCUT2D eigenvalue weighted by molar-refractivity contribution is 0.0778. The van der Waals surface area contributed by atoms with Crippen LogP contribution in [0.25, 0.3) is 0 Å². The number of carbonyl (C=O) groups excluding carboxylic acids is 1. The van der Waals surface area contributed by atoms with Gasteiger partial charge < -0.3 is 14.8 Å². The average Bonchev–Trinajstić information content (AvgIpc) is 2.92. The van der Waals surface area contributed by atoms with E-state index >= 15 is 0 Å². The number of aryl methyl sites for hydroxylation is 1. The maximum atomic E-state index is 12.6. The van der Waals surface area contributed by atoms with Gasteiger partial charge in [0.05, 0.1) is 12.0 Å².